The van der Waals surface area contributed by atoms with Crippen LogP contribution < -0.4 is 0 Å². The van der Waals surface area contributed by atoms with Crippen LogP contribution in [0.4, 0.5) is 4.39 Å². The van der Waals surface area contributed by atoms with Crippen LogP contribution in [0.2, 0.25) is 0 Å². The number of fused-ring (bicyclic) bond motifs is 3. The van der Waals surface area contributed by atoms with E-state index >= 15 is 0 Å². The molecule has 1 atom stereocenters. The molecule has 0 saturated heterocycles. The van der Waals surface area contributed by atoms with Gasteiger partial charge in [-0.15, -0.1) is 0 Å². The zero-order valence-electron chi connectivity index (χ0n) is 15.4. The third-order valence-corrected chi connectivity index (χ3v) is 5.68. The van der Waals surface area contributed by atoms with Crippen LogP contribution in [0.3, 0.4) is 0 Å². The third kappa shape index (κ3) is 2.47. The van der Waals surface area contributed by atoms with Gasteiger partial charge in [-0.25, -0.2) is 9.37 Å². The summed E-state index contributed by atoms with van der Waals surface area (Å²) in [5.74, 6) is 0.792. The van der Waals surface area contributed by atoms with E-state index in [4.69, 9.17) is 4.98 Å². The van der Waals surface area contributed by atoms with E-state index in [0.29, 0.717) is 5.56 Å². The molecular formula is C23H20FN3. The fourth-order valence-electron chi connectivity index (χ4n) is 4.29. The Morgan fingerprint density at radius 1 is 1.04 bits per heavy atom. The highest BCUT2D eigenvalue weighted by molar-refractivity contribution is 5.84. The van der Waals surface area contributed by atoms with Crippen LogP contribution in [0.1, 0.15) is 35.0 Å². The van der Waals surface area contributed by atoms with Crippen molar-refractivity contribution in [2.24, 2.45) is 0 Å². The predicted molar refractivity (Wildman–Crippen MR) is 105 cm³/mol. The Labute approximate surface area is 157 Å². The summed E-state index contributed by atoms with van der Waals surface area (Å²) in [7, 11) is 0. The lowest BCUT2D eigenvalue weighted by Crippen LogP contribution is -2.07. The summed E-state index contributed by atoms with van der Waals surface area (Å²) in [6, 6.07) is 14.2. The quantitative estimate of drug-likeness (QED) is 0.481. The van der Waals surface area contributed by atoms with Crippen LogP contribution >= 0.6 is 0 Å². The van der Waals surface area contributed by atoms with Crippen LogP contribution in [-0.4, -0.2) is 14.5 Å². The topological polar surface area (TPSA) is 30.7 Å². The number of nitrogens with zero attached hydrogens (tertiary/aromatic N) is 3. The molecule has 0 N–H and O–H groups in total. The molecule has 3 heterocycles. The summed E-state index contributed by atoms with van der Waals surface area (Å²) in [4.78, 5) is 8.91. The lowest BCUT2D eigenvalue weighted by atomic mass is 9.98. The molecule has 3 nitrogen and oxygen atoms in total. The number of hydrogen-bond donors (Lipinski definition) is 0. The Kier molecular flexibility index (Phi) is 3.61. The van der Waals surface area contributed by atoms with Crippen LogP contribution in [0.15, 0.2) is 54.9 Å². The van der Waals surface area contributed by atoms with E-state index < -0.39 is 0 Å². The predicted octanol–water partition coefficient (Wildman–Crippen LogP) is 5.39. The second-order valence-electron chi connectivity index (χ2n) is 7.32. The molecule has 2 aromatic carbocycles. The van der Waals surface area contributed by atoms with E-state index in [0.717, 1.165) is 40.8 Å². The molecule has 0 radical (unpaired) electrons. The maximum atomic E-state index is 14.9. The molecule has 0 bridgehead atoms. The first-order valence-electron chi connectivity index (χ1n) is 9.30. The first-order valence-corrected chi connectivity index (χ1v) is 9.30. The molecule has 134 valence electrons. The minimum atomic E-state index is -0.247. The van der Waals surface area contributed by atoms with Crippen molar-refractivity contribution in [1.29, 1.82) is 0 Å². The van der Waals surface area contributed by atoms with Crippen molar-refractivity contribution < 1.29 is 4.39 Å². The summed E-state index contributed by atoms with van der Waals surface area (Å²) in [5, 5.41) is 0. The van der Waals surface area contributed by atoms with Gasteiger partial charge in [-0.3, -0.25) is 4.98 Å². The monoisotopic (exact) mass is 357 g/mol. The number of imidazole rings is 1. The normalized spacial score (nSPS) is 16.0. The smallest absolute Gasteiger partial charge is 0.133 e. The minimum Gasteiger partial charge on any atom is -0.320 e. The molecule has 4 aromatic rings. The Morgan fingerprint density at radius 3 is 2.70 bits per heavy atom. The van der Waals surface area contributed by atoms with Crippen LogP contribution in [-0.2, 0) is 6.42 Å². The van der Waals surface area contributed by atoms with E-state index in [1.807, 2.05) is 19.1 Å². The van der Waals surface area contributed by atoms with Crippen LogP contribution in [0, 0.1) is 19.7 Å². The first kappa shape index (κ1) is 16.2. The van der Waals surface area contributed by atoms with Crippen molar-refractivity contribution >= 4 is 11.0 Å². The molecule has 4 heteroatoms. The van der Waals surface area contributed by atoms with Gasteiger partial charge in [-0.2, -0.15) is 0 Å². The lowest BCUT2D eigenvalue weighted by molar-refractivity contribution is 0.627. The number of pyridine rings is 1. The summed E-state index contributed by atoms with van der Waals surface area (Å²) >= 11 is 0. The standard InChI is InChI=1S/C23H20FN3/c1-14-5-3-4-6-16(14)21-7-8-23-26-20-12-19(24)17(11-22(20)27(21)23)18-13-25-10-9-15(18)2/h3-6,9-13,21H,7-8H2,1-2H3. The Bertz CT molecular complexity index is 1180. The molecule has 1 unspecified atom stereocenters. The Hall–Kier alpha value is -3.01. The highest BCUT2D eigenvalue weighted by Crippen LogP contribution is 2.38. The maximum Gasteiger partial charge on any atom is 0.133 e. The van der Waals surface area contributed by atoms with Gasteiger partial charge >= 0.3 is 0 Å². The molecule has 0 fully saturated rings. The lowest BCUT2D eigenvalue weighted by Gasteiger charge is -2.18. The SMILES string of the molecule is Cc1ccncc1-c1cc2c(cc1F)nc1n2C(c2ccccc2C)CC1. The van der Waals surface area contributed by atoms with Gasteiger partial charge in [0.05, 0.1) is 17.1 Å². The van der Waals surface area contributed by atoms with Crippen molar-refractivity contribution in [3.8, 4) is 11.1 Å². The number of rotatable bonds is 2. The first-order chi connectivity index (χ1) is 13.1. The average Bonchev–Trinajstić information content (AvgIpc) is 3.21. The Morgan fingerprint density at radius 2 is 1.89 bits per heavy atom. The summed E-state index contributed by atoms with van der Waals surface area (Å²) < 4.78 is 17.2. The fourth-order valence-corrected chi connectivity index (χ4v) is 4.29. The van der Waals surface area contributed by atoms with E-state index in [2.05, 4.69) is 40.7 Å². The Balaban J connectivity index is 1.74. The minimum absolute atomic E-state index is 0.247. The van der Waals surface area contributed by atoms with Gasteiger partial charge in [0.2, 0.25) is 0 Å². The summed E-state index contributed by atoms with van der Waals surface area (Å²) in [6.07, 6.45) is 5.41. The van der Waals surface area contributed by atoms with Gasteiger partial charge < -0.3 is 4.57 Å². The van der Waals surface area contributed by atoms with E-state index in [-0.39, 0.29) is 11.9 Å². The fraction of sp³-hybridized carbons (Fsp3) is 0.217. The number of benzene rings is 2. The molecular weight excluding hydrogens is 337 g/mol. The van der Waals surface area contributed by atoms with Gasteiger partial charge in [0.25, 0.3) is 0 Å². The summed E-state index contributed by atoms with van der Waals surface area (Å²) in [6.45, 7) is 4.13. The number of aryl methyl sites for hydroxylation is 3. The highest BCUT2D eigenvalue weighted by atomic mass is 19.1. The van der Waals surface area contributed by atoms with E-state index in [9.17, 15) is 4.39 Å². The summed E-state index contributed by atoms with van der Waals surface area (Å²) in [5.41, 5.74) is 6.76. The molecule has 1 aliphatic rings. The van der Waals surface area contributed by atoms with Gasteiger partial charge in [0.1, 0.15) is 11.6 Å². The largest absolute Gasteiger partial charge is 0.320 e. The second kappa shape index (κ2) is 6.02. The van der Waals surface area contributed by atoms with Crippen molar-refractivity contribution in [3.05, 3.63) is 83.2 Å². The highest BCUT2D eigenvalue weighted by Gasteiger charge is 2.28. The molecule has 5 rings (SSSR count). The molecule has 0 aliphatic carbocycles. The molecule has 2 aromatic heterocycles. The van der Waals surface area contributed by atoms with Crippen molar-refractivity contribution in [2.45, 2.75) is 32.7 Å². The van der Waals surface area contributed by atoms with Gasteiger partial charge in [-0.1, -0.05) is 24.3 Å². The number of aromatic nitrogens is 3. The number of hydrogen-bond acceptors (Lipinski definition) is 2. The zero-order chi connectivity index (χ0) is 18.5. The third-order valence-electron chi connectivity index (χ3n) is 5.68. The van der Waals surface area contributed by atoms with Gasteiger partial charge in [0.15, 0.2) is 0 Å². The molecule has 0 spiro atoms. The van der Waals surface area contributed by atoms with Crippen LogP contribution in [0.5, 0.6) is 0 Å². The van der Waals surface area contributed by atoms with Gasteiger partial charge in [0, 0.05) is 36.0 Å². The van der Waals surface area contributed by atoms with E-state index in [1.54, 1.807) is 18.5 Å². The van der Waals surface area contributed by atoms with Gasteiger partial charge in [-0.05, 0) is 49.1 Å². The van der Waals surface area contributed by atoms with Crippen molar-refractivity contribution in [3.63, 3.8) is 0 Å². The second-order valence-corrected chi connectivity index (χ2v) is 7.32. The van der Waals surface area contributed by atoms with Crippen molar-refractivity contribution in [1.82, 2.24) is 14.5 Å². The maximum absolute atomic E-state index is 14.9. The molecule has 27 heavy (non-hydrogen) atoms. The van der Waals surface area contributed by atoms with Crippen molar-refractivity contribution in [2.75, 3.05) is 0 Å². The van der Waals surface area contributed by atoms with Crippen LogP contribution in [0.25, 0.3) is 22.2 Å². The zero-order valence-corrected chi connectivity index (χ0v) is 15.4. The number of halogens is 1. The molecule has 0 amide bonds. The molecule has 0 saturated carbocycles. The average molecular weight is 357 g/mol. The van der Waals surface area contributed by atoms with E-state index in [1.165, 1.54) is 11.1 Å². The molecule has 1 aliphatic heterocycles.